The summed E-state index contributed by atoms with van der Waals surface area (Å²) in [4.78, 5) is 21.3. The summed E-state index contributed by atoms with van der Waals surface area (Å²) >= 11 is 1.39. The average molecular weight is 373 g/mol. The van der Waals surface area contributed by atoms with Crippen molar-refractivity contribution in [1.82, 2.24) is 4.98 Å². The number of nitrogen functional groups attached to an aromatic ring is 1. The Labute approximate surface area is 161 Å². The Morgan fingerprint density at radius 1 is 1.19 bits per heavy atom. The number of amides is 1. The molecule has 5 rings (SSSR count). The van der Waals surface area contributed by atoms with Gasteiger partial charge in [-0.2, -0.15) is 0 Å². The van der Waals surface area contributed by atoms with Crippen molar-refractivity contribution in [3.63, 3.8) is 0 Å². The first-order valence-corrected chi connectivity index (χ1v) is 9.84. The van der Waals surface area contributed by atoms with Gasteiger partial charge in [-0.05, 0) is 49.6 Å². The van der Waals surface area contributed by atoms with E-state index in [2.05, 4.69) is 38.1 Å². The van der Waals surface area contributed by atoms with Crippen molar-refractivity contribution in [2.24, 2.45) is 0 Å². The van der Waals surface area contributed by atoms with Gasteiger partial charge < -0.3 is 10.6 Å². The maximum Gasteiger partial charge on any atom is 0.270 e. The number of aryl methyl sites for hydroxylation is 2. The van der Waals surface area contributed by atoms with Crippen molar-refractivity contribution in [2.75, 3.05) is 17.2 Å². The minimum absolute atomic E-state index is 0.0302. The zero-order chi connectivity index (χ0) is 18.7. The van der Waals surface area contributed by atoms with Crippen molar-refractivity contribution in [2.45, 2.75) is 20.3 Å². The molecule has 1 aliphatic rings. The first kappa shape index (κ1) is 16.3. The Hall–Kier alpha value is -2.92. The average Bonchev–Trinajstić information content (AvgIpc) is 3.22. The van der Waals surface area contributed by atoms with Gasteiger partial charge in [0.1, 0.15) is 9.71 Å². The zero-order valence-corrected chi connectivity index (χ0v) is 16.1. The normalized spacial score (nSPS) is 13.5. The number of carbonyl (C=O) groups excluding carboxylic acids is 1. The Kier molecular flexibility index (Phi) is 3.49. The minimum atomic E-state index is -0.0302. The van der Waals surface area contributed by atoms with Crippen LogP contribution in [0, 0.1) is 13.8 Å². The van der Waals surface area contributed by atoms with Gasteiger partial charge in [-0.15, -0.1) is 11.3 Å². The molecule has 0 atom stereocenters. The number of thiophene rings is 1. The van der Waals surface area contributed by atoms with Crippen molar-refractivity contribution in [3.8, 4) is 0 Å². The van der Waals surface area contributed by atoms with Crippen LogP contribution >= 0.6 is 11.3 Å². The molecule has 0 spiro atoms. The summed E-state index contributed by atoms with van der Waals surface area (Å²) in [7, 11) is 0. The number of benzene rings is 2. The van der Waals surface area contributed by atoms with Gasteiger partial charge in [-0.1, -0.05) is 29.8 Å². The molecular weight excluding hydrogens is 354 g/mol. The van der Waals surface area contributed by atoms with Crippen LogP contribution in [0.2, 0.25) is 0 Å². The summed E-state index contributed by atoms with van der Waals surface area (Å²) in [6, 6.07) is 14.4. The fraction of sp³-hybridized carbons (Fsp3) is 0.182. The van der Waals surface area contributed by atoms with Gasteiger partial charge in [0.15, 0.2) is 0 Å². The Balaban J connectivity index is 1.66. The van der Waals surface area contributed by atoms with Gasteiger partial charge in [0.25, 0.3) is 5.91 Å². The number of hydrogen-bond donors (Lipinski definition) is 1. The molecule has 27 heavy (non-hydrogen) atoms. The topological polar surface area (TPSA) is 59.2 Å². The number of hydrogen-bond acceptors (Lipinski definition) is 4. The van der Waals surface area contributed by atoms with E-state index in [-0.39, 0.29) is 5.91 Å². The van der Waals surface area contributed by atoms with Crippen molar-refractivity contribution in [1.29, 1.82) is 0 Å². The molecular formula is C22H19N3OS. The van der Waals surface area contributed by atoms with E-state index in [0.29, 0.717) is 17.1 Å². The van der Waals surface area contributed by atoms with Crippen LogP contribution in [0.5, 0.6) is 0 Å². The molecule has 4 aromatic rings. The number of para-hydroxylation sites is 1. The highest BCUT2D eigenvalue weighted by Crippen LogP contribution is 2.38. The van der Waals surface area contributed by atoms with Gasteiger partial charge in [-0.25, -0.2) is 4.98 Å². The maximum absolute atomic E-state index is 13.2. The molecule has 5 heteroatoms. The predicted octanol–water partition coefficient (Wildman–Crippen LogP) is 4.85. The Morgan fingerprint density at radius 3 is 2.85 bits per heavy atom. The molecule has 0 fully saturated rings. The van der Waals surface area contributed by atoms with Crippen molar-refractivity contribution < 1.29 is 4.79 Å². The molecule has 0 bridgehead atoms. The second-order valence-electron chi connectivity index (χ2n) is 7.17. The fourth-order valence-corrected chi connectivity index (χ4v) is 5.04. The van der Waals surface area contributed by atoms with Crippen LogP contribution in [0.3, 0.4) is 0 Å². The van der Waals surface area contributed by atoms with Crippen LogP contribution in [0.25, 0.3) is 21.1 Å². The predicted molar refractivity (Wildman–Crippen MR) is 113 cm³/mol. The second kappa shape index (κ2) is 5.79. The van der Waals surface area contributed by atoms with Crippen molar-refractivity contribution in [3.05, 3.63) is 64.0 Å². The molecule has 0 saturated heterocycles. The number of fused-ring (bicyclic) bond motifs is 3. The quantitative estimate of drug-likeness (QED) is 0.519. The van der Waals surface area contributed by atoms with Gasteiger partial charge >= 0.3 is 0 Å². The standard InChI is InChI=1S/C22H19N3OS/c1-12-9-13(2)19-15(10-12)11-16-18(23)20(27-21(16)24-19)22(26)25-8-7-14-5-3-4-6-17(14)25/h3-6,9-11H,7-8,23H2,1-2H3. The zero-order valence-electron chi connectivity index (χ0n) is 15.2. The lowest BCUT2D eigenvalue weighted by Gasteiger charge is -2.16. The third-order valence-electron chi connectivity index (χ3n) is 5.28. The maximum atomic E-state index is 13.2. The van der Waals surface area contributed by atoms with Crippen LogP contribution in [0.1, 0.15) is 26.4 Å². The summed E-state index contributed by atoms with van der Waals surface area (Å²) in [5.41, 5.74) is 12.5. The van der Waals surface area contributed by atoms with E-state index in [4.69, 9.17) is 10.7 Å². The van der Waals surface area contributed by atoms with Crippen LogP contribution in [-0.4, -0.2) is 17.4 Å². The summed E-state index contributed by atoms with van der Waals surface area (Å²) in [5.74, 6) is -0.0302. The van der Waals surface area contributed by atoms with Crippen LogP contribution in [0.15, 0.2) is 42.5 Å². The lowest BCUT2D eigenvalue weighted by Crippen LogP contribution is -2.28. The second-order valence-corrected chi connectivity index (χ2v) is 8.17. The molecule has 2 aromatic heterocycles. The molecule has 0 radical (unpaired) electrons. The smallest absolute Gasteiger partial charge is 0.270 e. The Morgan fingerprint density at radius 2 is 2.00 bits per heavy atom. The van der Waals surface area contributed by atoms with E-state index in [1.165, 1.54) is 22.5 Å². The third-order valence-corrected chi connectivity index (χ3v) is 6.38. The monoisotopic (exact) mass is 373 g/mol. The fourth-order valence-electron chi connectivity index (χ4n) is 4.01. The van der Waals surface area contributed by atoms with Crippen LogP contribution < -0.4 is 10.6 Å². The highest BCUT2D eigenvalue weighted by atomic mass is 32.1. The third kappa shape index (κ3) is 2.42. The largest absolute Gasteiger partial charge is 0.397 e. The SMILES string of the molecule is Cc1cc(C)c2nc3sc(C(=O)N4CCc5ccccc54)c(N)c3cc2c1. The number of carbonyl (C=O) groups is 1. The van der Waals surface area contributed by atoms with Gasteiger partial charge in [0.2, 0.25) is 0 Å². The lowest BCUT2D eigenvalue weighted by atomic mass is 10.1. The van der Waals surface area contributed by atoms with Gasteiger partial charge in [0.05, 0.1) is 11.2 Å². The number of aromatic nitrogens is 1. The number of nitrogens with zero attached hydrogens (tertiary/aromatic N) is 2. The number of pyridine rings is 1. The molecule has 0 unspecified atom stereocenters. The van der Waals surface area contributed by atoms with E-state index in [1.807, 2.05) is 23.1 Å². The molecule has 2 aromatic carbocycles. The summed E-state index contributed by atoms with van der Waals surface area (Å²) in [6.07, 6.45) is 0.882. The molecule has 1 aliphatic heterocycles. The van der Waals surface area contributed by atoms with E-state index in [9.17, 15) is 4.79 Å². The first-order valence-electron chi connectivity index (χ1n) is 9.02. The first-order chi connectivity index (χ1) is 13.0. The molecule has 2 N–H and O–H groups in total. The highest BCUT2D eigenvalue weighted by Gasteiger charge is 2.28. The number of anilines is 2. The summed E-state index contributed by atoms with van der Waals surface area (Å²) < 4.78 is 0. The Bertz CT molecular complexity index is 1240. The highest BCUT2D eigenvalue weighted by molar-refractivity contribution is 7.21. The molecule has 3 heterocycles. The molecule has 1 amide bonds. The minimum Gasteiger partial charge on any atom is -0.397 e. The summed E-state index contributed by atoms with van der Waals surface area (Å²) in [5, 5.41) is 1.93. The molecule has 0 aliphatic carbocycles. The van der Waals surface area contributed by atoms with E-state index in [0.717, 1.165) is 38.8 Å². The number of nitrogens with two attached hydrogens (primary N) is 1. The lowest BCUT2D eigenvalue weighted by molar-refractivity contribution is 0.0994. The van der Waals surface area contributed by atoms with Crippen molar-refractivity contribution >= 4 is 49.7 Å². The molecule has 0 saturated carbocycles. The van der Waals surface area contributed by atoms with Crippen LogP contribution in [-0.2, 0) is 6.42 Å². The molecule has 4 nitrogen and oxygen atoms in total. The van der Waals surface area contributed by atoms with E-state index < -0.39 is 0 Å². The van der Waals surface area contributed by atoms with Crippen LogP contribution in [0.4, 0.5) is 11.4 Å². The van der Waals surface area contributed by atoms with Gasteiger partial charge in [-0.3, -0.25) is 4.79 Å². The van der Waals surface area contributed by atoms with E-state index >= 15 is 0 Å². The van der Waals surface area contributed by atoms with Gasteiger partial charge in [0, 0.05) is 23.0 Å². The number of rotatable bonds is 1. The summed E-state index contributed by atoms with van der Waals surface area (Å²) in [6.45, 7) is 4.84. The van der Waals surface area contributed by atoms with E-state index in [1.54, 1.807) is 0 Å². The molecule has 134 valence electrons.